The van der Waals surface area contributed by atoms with Crippen LogP contribution < -0.4 is 4.74 Å². The van der Waals surface area contributed by atoms with Crippen LogP contribution >= 0.6 is 0 Å². The van der Waals surface area contributed by atoms with Crippen molar-refractivity contribution in [2.24, 2.45) is 0 Å². The first-order chi connectivity index (χ1) is 13.5. The first-order valence-corrected chi connectivity index (χ1v) is 10.5. The minimum absolute atomic E-state index is 0.0793. The van der Waals surface area contributed by atoms with Gasteiger partial charge in [-0.15, -0.1) is 0 Å². The number of hydrogen-bond donors (Lipinski definition) is 0. The average molecular weight is 388 g/mol. The summed E-state index contributed by atoms with van der Waals surface area (Å²) in [5.74, 6) is 1.19. The number of likely N-dealkylation sites (tertiary alicyclic amines) is 1. The highest BCUT2D eigenvalue weighted by Gasteiger charge is 2.43. The van der Waals surface area contributed by atoms with Crippen LogP contribution in [0.3, 0.4) is 0 Å². The summed E-state index contributed by atoms with van der Waals surface area (Å²) in [6, 6.07) is 7.80. The Morgan fingerprint density at radius 1 is 1.00 bits per heavy atom. The Morgan fingerprint density at radius 2 is 1.68 bits per heavy atom. The SMILES string of the molecule is CCOc1ccc(CC(=O)N2CCN(C3(CC)CCN(C(C)=O)C3)CC2)cc1. The standard InChI is InChI=1S/C22H33N3O3/c1-4-22(10-11-24(17-22)18(3)26)25-14-12-23(13-15-25)21(27)16-19-6-8-20(9-7-19)28-5-2/h6-9H,4-5,10-17H2,1-3H3. The molecule has 2 amide bonds. The maximum Gasteiger partial charge on any atom is 0.227 e. The van der Waals surface area contributed by atoms with E-state index in [-0.39, 0.29) is 17.4 Å². The highest BCUT2D eigenvalue weighted by Crippen LogP contribution is 2.32. The van der Waals surface area contributed by atoms with Crippen molar-refractivity contribution in [2.75, 3.05) is 45.9 Å². The molecule has 0 N–H and O–H groups in total. The van der Waals surface area contributed by atoms with E-state index in [2.05, 4.69) is 11.8 Å². The fourth-order valence-electron chi connectivity index (χ4n) is 4.48. The van der Waals surface area contributed by atoms with E-state index in [4.69, 9.17) is 4.74 Å². The molecule has 0 radical (unpaired) electrons. The first kappa shape index (κ1) is 20.6. The Labute approximate surface area is 168 Å². The van der Waals surface area contributed by atoms with Gasteiger partial charge in [0.05, 0.1) is 13.0 Å². The predicted octanol–water partition coefficient (Wildman–Crippen LogP) is 2.17. The Balaban J connectivity index is 1.53. The van der Waals surface area contributed by atoms with Crippen LogP contribution in [0.2, 0.25) is 0 Å². The van der Waals surface area contributed by atoms with Crippen molar-refractivity contribution < 1.29 is 14.3 Å². The smallest absolute Gasteiger partial charge is 0.227 e. The molecule has 2 fully saturated rings. The van der Waals surface area contributed by atoms with Crippen LogP contribution in [0.25, 0.3) is 0 Å². The van der Waals surface area contributed by atoms with Crippen molar-refractivity contribution in [3.05, 3.63) is 29.8 Å². The molecular weight excluding hydrogens is 354 g/mol. The normalized spacial score (nSPS) is 23.1. The molecule has 6 nitrogen and oxygen atoms in total. The largest absolute Gasteiger partial charge is 0.494 e. The third-order valence-corrected chi connectivity index (χ3v) is 6.33. The fourth-order valence-corrected chi connectivity index (χ4v) is 4.48. The van der Waals surface area contributed by atoms with Crippen molar-refractivity contribution in [2.45, 2.75) is 45.6 Å². The summed E-state index contributed by atoms with van der Waals surface area (Å²) in [7, 11) is 0. The van der Waals surface area contributed by atoms with Gasteiger partial charge in [-0.2, -0.15) is 0 Å². The van der Waals surface area contributed by atoms with E-state index < -0.39 is 0 Å². The molecule has 0 aromatic heterocycles. The van der Waals surface area contributed by atoms with Crippen LogP contribution in [0.5, 0.6) is 5.75 Å². The summed E-state index contributed by atoms with van der Waals surface area (Å²) in [5, 5.41) is 0. The lowest BCUT2D eigenvalue weighted by Crippen LogP contribution is -2.59. The summed E-state index contributed by atoms with van der Waals surface area (Å²) in [6.07, 6.45) is 2.50. The third-order valence-electron chi connectivity index (χ3n) is 6.33. The number of amides is 2. The van der Waals surface area contributed by atoms with E-state index in [1.165, 1.54) is 0 Å². The molecule has 6 heteroatoms. The molecule has 2 saturated heterocycles. The van der Waals surface area contributed by atoms with Crippen LogP contribution in [-0.4, -0.2) is 77.9 Å². The van der Waals surface area contributed by atoms with Gasteiger partial charge in [-0.05, 0) is 37.5 Å². The van der Waals surface area contributed by atoms with Crippen molar-refractivity contribution in [3.63, 3.8) is 0 Å². The van der Waals surface area contributed by atoms with Gasteiger partial charge >= 0.3 is 0 Å². The zero-order valence-corrected chi connectivity index (χ0v) is 17.4. The van der Waals surface area contributed by atoms with Gasteiger partial charge in [0.15, 0.2) is 0 Å². The number of hydrogen-bond acceptors (Lipinski definition) is 4. The highest BCUT2D eigenvalue weighted by atomic mass is 16.5. The average Bonchev–Trinajstić information content (AvgIpc) is 3.16. The van der Waals surface area contributed by atoms with E-state index in [1.54, 1.807) is 6.92 Å². The lowest BCUT2D eigenvalue weighted by molar-refractivity contribution is -0.133. The summed E-state index contributed by atoms with van der Waals surface area (Å²) in [6.45, 7) is 11.4. The second-order valence-corrected chi connectivity index (χ2v) is 7.89. The molecule has 1 aromatic rings. The Morgan fingerprint density at radius 3 is 2.21 bits per heavy atom. The summed E-state index contributed by atoms with van der Waals surface area (Å²) < 4.78 is 5.46. The van der Waals surface area contributed by atoms with Crippen LogP contribution in [0.1, 0.15) is 39.2 Å². The first-order valence-electron chi connectivity index (χ1n) is 10.5. The molecule has 0 bridgehead atoms. The van der Waals surface area contributed by atoms with E-state index in [1.807, 2.05) is 41.0 Å². The molecular formula is C22H33N3O3. The Hall–Kier alpha value is -2.08. The molecule has 0 spiro atoms. The number of nitrogens with zero attached hydrogens (tertiary/aromatic N) is 3. The number of rotatable bonds is 6. The van der Waals surface area contributed by atoms with Gasteiger partial charge in [0.2, 0.25) is 11.8 Å². The second-order valence-electron chi connectivity index (χ2n) is 7.89. The van der Waals surface area contributed by atoms with Crippen LogP contribution in [0, 0.1) is 0 Å². The van der Waals surface area contributed by atoms with Gasteiger partial charge in [0.25, 0.3) is 0 Å². The van der Waals surface area contributed by atoms with Crippen LogP contribution in [0.15, 0.2) is 24.3 Å². The van der Waals surface area contributed by atoms with Crippen LogP contribution in [-0.2, 0) is 16.0 Å². The molecule has 1 aromatic carbocycles. The molecule has 2 aliphatic rings. The van der Waals surface area contributed by atoms with Crippen molar-refractivity contribution in [1.29, 1.82) is 0 Å². The topological polar surface area (TPSA) is 53.1 Å². The quantitative estimate of drug-likeness (QED) is 0.751. The number of ether oxygens (including phenoxy) is 1. The van der Waals surface area contributed by atoms with Gasteiger partial charge in [-0.25, -0.2) is 0 Å². The zero-order chi connectivity index (χ0) is 20.1. The minimum Gasteiger partial charge on any atom is -0.494 e. The molecule has 154 valence electrons. The molecule has 0 saturated carbocycles. The predicted molar refractivity (Wildman–Crippen MR) is 109 cm³/mol. The lowest BCUT2D eigenvalue weighted by Gasteiger charge is -2.45. The van der Waals surface area contributed by atoms with Gasteiger partial charge in [0.1, 0.15) is 5.75 Å². The second kappa shape index (κ2) is 8.95. The van der Waals surface area contributed by atoms with Gasteiger partial charge in [-0.1, -0.05) is 19.1 Å². The highest BCUT2D eigenvalue weighted by molar-refractivity contribution is 5.79. The third kappa shape index (κ3) is 4.49. The van der Waals surface area contributed by atoms with E-state index in [0.717, 1.165) is 63.4 Å². The molecule has 0 aliphatic carbocycles. The summed E-state index contributed by atoms with van der Waals surface area (Å²) >= 11 is 0. The van der Waals surface area contributed by atoms with Gasteiger partial charge in [0, 0.05) is 51.7 Å². The molecule has 1 atom stereocenters. The summed E-state index contributed by atoms with van der Waals surface area (Å²) in [5.41, 5.74) is 1.10. The monoisotopic (exact) mass is 387 g/mol. The van der Waals surface area contributed by atoms with Gasteiger partial charge < -0.3 is 14.5 Å². The van der Waals surface area contributed by atoms with Crippen molar-refractivity contribution in [3.8, 4) is 5.75 Å². The Kier molecular flexibility index (Phi) is 6.60. The van der Waals surface area contributed by atoms with Gasteiger partial charge in [-0.3, -0.25) is 14.5 Å². The minimum atomic E-state index is 0.0793. The maximum atomic E-state index is 12.7. The molecule has 3 rings (SSSR count). The number of benzene rings is 1. The van der Waals surface area contributed by atoms with E-state index in [9.17, 15) is 9.59 Å². The number of piperazine rings is 1. The molecule has 28 heavy (non-hydrogen) atoms. The van der Waals surface area contributed by atoms with E-state index >= 15 is 0 Å². The lowest BCUT2D eigenvalue weighted by atomic mass is 9.92. The molecule has 2 heterocycles. The zero-order valence-electron chi connectivity index (χ0n) is 17.4. The molecule has 2 aliphatic heterocycles. The van der Waals surface area contributed by atoms with E-state index in [0.29, 0.717) is 13.0 Å². The van der Waals surface area contributed by atoms with Crippen molar-refractivity contribution in [1.82, 2.24) is 14.7 Å². The summed E-state index contributed by atoms with van der Waals surface area (Å²) in [4.78, 5) is 30.9. The fraction of sp³-hybridized carbons (Fsp3) is 0.636. The maximum absolute atomic E-state index is 12.7. The van der Waals surface area contributed by atoms with Crippen LogP contribution in [0.4, 0.5) is 0 Å². The Bertz CT molecular complexity index is 683. The number of carbonyl (C=O) groups is 2. The molecule has 1 unspecified atom stereocenters. The number of carbonyl (C=O) groups excluding carboxylic acids is 2. The van der Waals surface area contributed by atoms with Crippen molar-refractivity contribution >= 4 is 11.8 Å².